The predicted octanol–water partition coefficient (Wildman–Crippen LogP) is 2.68. The lowest BCUT2D eigenvalue weighted by molar-refractivity contribution is -0.134. The second kappa shape index (κ2) is 8.66. The van der Waals surface area contributed by atoms with Gasteiger partial charge in [0.25, 0.3) is 0 Å². The van der Waals surface area contributed by atoms with Crippen LogP contribution in [0.3, 0.4) is 0 Å². The number of nitrogens with zero attached hydrogens (tertiary/aromatic N) is 2. The number of hydrogen-bond donors (Lipinski definition) is 1. The highest BCUT2D eigenvalue weighted by atomic mass is 16.5. The number of rotatable bonds is 5. The number of benzene rings is 2. The van der Waals surface area contributed by atoms with Crippen molar-refractivity contribution in [3.05, 3.63) is 59.7 Å². The van der Waals surface area contributed by atoms with Crippen molar-refractivity contribution < 1.29 is 14.3 Å². The summed E-state index contributed by atoms with van der Waals surface area (Å²) in [5, 5.41) is 2.97. The molecule has 0 aromatic heterocycles. The Kier molecular flexibility index (Phi) is 5.81. The Bertz CT molecular complexity index is 881. The van der Waals surface area contributed by atoms with Crippen molar-refractivity contribution in [1.29, 1.82) is 0 Å². The molecule has 29 heavy (non-hydrogen) atoms. The third-order valence-electron chi connectivity index (χ3n) is 5.85. The Hall–Kier alpha value is -2.86. The maximum absolute atomic E-state index is 12.9. The molecular weight excluding hydrogens is 366 g/mol. The van der Waals surface area contributed by atoms with Crippen LogP contribution in [0, 0.1) is 0 Å². The van der Waals surface area contributed by atoms with Gasteiger partial charge in [0.2, 0.25) is 11.8 Å². The maximum Gasteiger partial charge on any atom is 0.241 e. The van der Waals surface area contributed by atoms with Gasteiger partial charge in [-0.25, -0.2) is 0 Å². The molecule has 0 radical (unpaired) electrons. The zero-order chi connectivity index (χ0) is 20.2. The molecule has 2 aliphatic rings. The number of nitrogens with one attached hydrogen (secondary N) is 1. The van der Waals surface area contributed by atoms with E-state index >= 15 is 0 Å². The van der Waals surface area contributed by atoms with Crippen LogP contribution in [0.5, 0.6) is 5.75 Å². The van der Waals surface area contributed by atoms with Crippen LogP contribution >= 0.6 is 0 Å². The summed E-state index contributed by atoms with van der Waals surface area (Å²) in [4.78, 5) is 29.6. The molecule has 2 aromatic carbocycles. The fraction of sp³-hybridized carbons (Fsp3) is 0.391. The summed E-state index contributed by atoms with van der Waals surface area (Å²) < 4.78 is 5.15. The van der Waals surface area contributed by atoms with Gasteiger partial charge < -0.3 is 15.0 Å². The van der Waals surface area contributed by atoms with Gasteiger partial charge in [0.15, 0.2) is 0 Å². The topological polar surface area (TPSA) is 61.9 Å². The van der Waals surface area contributed by atoms with Crippen molar-refractivity contribution in [2.24, 2.45) is 0 Å². The molecule has 0 saturated carbocycles. The minimum atomic E-state index is -0.266. The lowest BCUT2D eigenvalue weighted by atomic mass is 10.00. The number of likely N-dealkylation sites (tertiary alicyclic amines) is 1. The molecule has 6 heteroatoms. The van der Waals surface area contributed by atoms with Crippen molar-refractivity contribution in [2.75, 3.05) is 32.1 Å². The van der Waals surface area contributed by atoms with Gasteiger partial charge in [0.05, 0.1) is 19.7 Å². The molecule has 6 nitrogen and oxygen atoms in total. The second-order valence-electron chi connectivity index (χ2n) is 7.68. The van der Waals surface area contributed by atoms with E-state index in [0.29, 0.717) is 13.1 Å². The number of carbonyl (C=O) groups is 2. The third kappa shape index (κ3) is 4.43. The van der Waals surface area contributed by atoms with Crippen LogP contribution in [-0.2, 0) is 22.6 Å². The van der Waals surface area contributed by atoms with Crippen molar-refractivity contribution in [1.82, 2.24) is 9.80 Å². The van der Waals surface area contributed by atoms with Gasteiger partial charge in [-0.2, -0.15) is 0 Å². The number of fused-ring (bicyclic) bond motifs is 1. The second-order valence-corrected chi connectivity index (χ2v) is 7.68. The van der Waals surface area contributed by atoms with Crippen LogP contribution in [0.15, 0.2) is 48.5 Å². The number of ether oxygens (including phenoxy) is 1. The highest BCUT2D eigenvalue weighted by Crippen LogP contribution is 2.22. The van der Waals surface area contributed by atoms with Crippen LogP contribution in [0.25, 0.3) is 0 Å². The average molecular weight is 393 g/mol. The number of hydrogen-bond acceptors (Lipinski definition) is 4. The van der Waals surface area contributed by atoms with E-state index in [4.69, 9.17) is 4.74 Å². The molecule has 2 aliphatic heterocycles. The summed E-state index contributed by atoms with van der Waals surface area (Å²) in [6.07, 6.45) is 2.60. The van der Waals surface area contributed by atoms with Crippen molar-refractivity contribution in [3.8, 4) is 5.75 Å². The average Bonchev–Trinajstić information content (AvgIpc) is 3.22. The molecule has 2 heterocycles. The lowest BCUT2D eigenvalue weighted by Gasteiger charge is -2.31. The molecular formula is C23H27N3O3. The summed E-state index contributed by atoms with van der Waals surface area (Å²) in [7, 11) is 1.61. The summed E-state index contributed by atoms with van der Waals surface area (Å²) in [5.41, 5.74) is 3.29. The van der Waals surface area contributed by atoms with Gasteiger partial charge in [-0.1, -0.05) is 24.3 Å². The molecule has 0 spiro atoms. The molecule has 1 fully saturated rings. The first-order valence-corrected chi connectivity index (χ1v) is 10.2. The molecule has 2 amide bonds. The standard InChI is InChI=1S/C23H27N3O3/c1-29-20-10-8-19(9-11-20)24-23(28)21-7-4-13-25(21)16-22(27)26-14-12-17-5-2-3-6-18(17)15-26/h2-3,5-6,8-11,21H,4,7,12-16H2,1H3,(H,24,28). The normalized spacial score (nSPS) is 18.9. The Labute approximate surface area is 171 Å². The highest BCUT2D eigenvalue weighted by Gasteiger charge is 2.33. The van der Waals surface area contributed by atoms with E-state index in [1.54, 1.807) is 7.11 Å². The first kappa shape index (κ1) is 19.5. The summed E-state index contributed by atoms with van der Waals surface area (Å²) in [6, 6.07) is 15.3. The Balaban J connectivity index is 1.35. The van der Waals surface area contributed by atoms with E-state index in [2.05, 4.69) is 17.4 Å². The van der Waals surface area contributed by atoms with Crippen molar-refractivity contribution in [3.63, 3.8) is 0 Å². The maximum atomic E-state index is 12.9. The number of carbonyl (C=O) groups excluding carboxylic acids is 2. The Morgan fingerprint density at radius 1 is 1.07 bits per heavy atom. The predicted molar refractivity (Wildman–Crippen MR) is 112 cm³/mol. The molecule has 4 rings (SSSR count). The number of amides is 2. The van der Waals surface area contributed by atoms with E-state index in [9.17, 15) is 9.59 Å². The van der Waals surface area contributed by atoms with Crippen LogP contribution < -0.4 is 10.1 Å². The lowest BCUT2D eigenvalue weighted by Crippen LogP contribution is -2.47. The first-order valence-electron chi connectivity index (χ1n) is 10.2. The van der Waals surface area contributed by atoms with E-state index < -0.39 is 0 Å². The fourth-order valence-electron chi connectivity index (χ4n) is 4.19. The minimum Gasteiger partial charge on any atom is -0.497 e. The van der Waals surface area contributed by atoms with Crippen LogP contribution in [0.2, 0.25) is 0 Å². The number of anilines is 1. The SMILES string of the molecule is COc1ccc(NC(=O)C2CCCN2CC(=O)N2CCc3ccccc3C2)cc1. The third-order valence-corrected chi connectivity index (χ3v) is 5.85. The van der Waals surface area contributed by atoms with Crippen molar-refractivity contribution in [2.45, 2.75) is 31.8 Å². The molecule has 1 atom stereocenters. The van der Waals surface area contributed by atoms with Gasteiger partial charge in [-0.3, -0.25) is 14.5 Å². The molecule has 152 valence electrons. The fourth-order valence-corrected chi connectivity index (χ4v) is 4.19. The Morgan fingerprint density at radius 3 is 2.59 bits per heavy atom. The van der Waals surface area contributed by atoms with Gasteiger partial charge in [0.1, 0.15) is 5.75 Å². The zero-order valence-electron chi connectivity index (χ0n) is 16.8. The van der Waals surface area contributed by atoms with Gasteiger partial charge in [-0.15, -0.1) is 0 Å². The van der Waals surface area contributed by atoms with Crippen LogP contribution in [-0.4, -0.2) is 54.4 Å². The van der Waals surface area contributed by atoms with Crippen LogP contribution in [0.4, 0.5) is 5.69 Å². The molecule has 2 aromatic rings. The van der Waals surface area contributed by atoms with Gasteiger partial charge >= 0.3 is 0 Å². The summed E-state index contributed by atoms with van der Waals surface area (Å²) in [6.45, 7) is 2.47. The largest absolute Gasteiger partial charge is 0.497 e. The molecule has 1 saturated heterocycles. The summed E-state index contributed by atoms with van der Waals surface area (Å²) in [5.74, 6) is 0.798. The van der Waals surface area contributed by atoms with E-state index in [0.717, 1.165) is 43.8 Å². The highest BCUT2D eigenvalue weighted by molar-refractivity contribution is 5.95. The van der Waals surface area contributed by atoms with Gasteiger partial charge in [0, 0.05) is 18.8 Å². The molecule has 0 bridgehead atoms. The Morgan fingerprint density at radius 2 is 1.83 bits per heavy atom. The van der Waals surface area contributed by atoms with Crippen molar-refractivity contribution >= 4 is 17.5 Å². The zero-order valence-corrected chi connectivity index (χ0v) is 16.8. The van der Waals surface area contributed by atoms with E-state index in [1.807, 2.05) is 46.2 Å². The first-order chi connectivity index (χ1) is 14.1. The molecule has 0 aliphatic carbocycles. The van der Waals surface area contributed by atoms with E-state index in [-0.39, 0.29) is 17.9 Å². The summed E-state index contributed by atoms with van der Waals surface area (Å²) >= 11 is 0. The van der Waals surface area contributed by atoms with Gasteiger partial charge in [-0.05, 0) is 61.2 Å². The smallest absolute Gasteiger partial charge is 0.241 e. The molecule has 1 N–H and O–H groups in total. The van der Waals surface area contributed by atoms with E-state index in [1.165, 1.54) is 11.1 Å². The quantitative estimate of drug-likeness (QED) is 0.849. The monoisotopic (exact) mass is 393 g/mol. The number of methoxy groups -OCH3 is 1. The minimum absolute atomic E-state index is 0.0514. The molecule has 1 unspecified atom stereocenters. The van der Waals surface area contributed by atoms with Crippen LogP contribution in [0.1, 0.15) is 24.0 Å².